The normalized spacial score (nSPS) is 14.2. The van der Waals surface area contributed by atoms with Gasteiger partial charge in [0.05, 0.1) is 25.0 Å². The van der Waals surface area contributed by atoms with Gasteiger partial charge in [0.2, 0.25) is 15.9 Å². The smallest absolute Gasteiger partial charge is 0.235 e. The third-order valence-corrected chi connectivity index (χ3v) is 6.02. The van der Waals surface area contributed by atoms with Gasteiger partial charge in [0.15, 0.2) is 0 Å². The summed E-state index contributed by atoms with van der Waals surface area (Å²) in [5.41, 5.74) is 2.78. The van der Waals surface area contributed by atoms with Gasteiger partial charge in [-0.05, 0) is 30.9 Å². The topological polar surface area (TPSA) is 84.3 Å². The Morgan fingerprint density at radius 3 is 2.78 bits per heavy atom. The van der Waals surface area contributed by atoms with Gasteiger partial charge in [0, 0.05) is 25.7 Å². The number of benzene rings is 1. The molecule has 3 rings (SSSR count). The summed E-state index contributed by atoms with van der Waals surface area (Å²) in [4.78, 5) is 16.9. The largest absolute Gasteiger partial charge is 0.351 e. The number of aryl methyl sites for hydroxylation is 3. The Morgan fingerprint density at radius 1 is 1.30 bits per heavy atom. The number of aromatic nitrogens is 2. The average Bonchev–Trinajstić information content (AvgIpc) is 3.02. The molecule has 0 atom stereocenters. The van der Waals surface area contributed by atoms with Gasteiger partial charge in [0.1, 0.15) is 5.82 Å². The minimum absolute atomic E-state index is 0.108. The van der Waals surface area contributed by atoms with Gasteiger partial charge >= 0.3 is 0 Å². The molecule has 0 unspecified atom stereocenters. The van der Waals surface area contributed by atoms with Crippen LogP contribution in [0.15, 0.2) is 30.5 Å². The van der Waals surface area contributed by atoms with Gasteiger partial charge in [-0.1, -0.05) is 24.3 Å². The number of hydrogen-bond acceptors (Lipinski definition) is 4. The van der Waals surface area contributed by atoms with Gasteiger partial charge in [-0.25, -0.2) is 13.4 Å². The molecule has 0 aliphatic carbocycles. The van der Waals surface area contributed by atoms with Crippen molar-refractivity contribution in [1.82, 2.24) is 19.2 Å². The lowest BCUT2D eigenvalue weighted by Crippen LogP contribution is -2.39. The molecule has 2 heterocycles. The van der Waals surface area contributed by atoms with Crippen LogP contribution in [-0.2, 0) is 40.9 Å². The third-order valence-electron chi connectivity index (χ3n) is 4.82. The molecule has 7 nitrogen and oxygen atoms in total. The minimum atomic E-state index is -3.53. The fourth-order valence-electron chi connectivity index (χ4n) is 3.24. The molecule has 1 aromatic heterocycles. The molecule has 1 N–H and O–H groups in total. The number of carbonyl (C=O) groups excluding carboxylic acids is 1. The second kappa shape index (κ2) is 8.22. The van der Waals surface area contributed by atoms with Crippen LogP contribution < -0.4 is 5.32 Å². The first-order valence-electron chi connectivity index (χ1n) is 9.14. The van der Waals surface area contributed by atoms with E-state index >= 15 is 0 Å². The predicted octanol–water partition coefficient (Wildman–Crippen LogP) is 1.61. The lowest BCUT2D eigenvalue weighted by Gasteiger charge is -2.18. The summed E-state index contributed by atoms with van der Waals surface area (Å²) in [6, 6.07) is 7.78. The van der Waals surface area contributed by atoms with Gasteiger partial charge in [-0.15, -0.1) is 0 Å². The minimum Gasteiger partial charge on any atom is -0.351 e. The van der Waals surface area contributed by atoms with Gasteiger partial charge in [-0.3, -0.25) is 4.79 Å². The van der Waals surface area contributed by atoms with E-state index < -0.39 is 10.0 Å². The van der Waals surface area contributed by atoms with Crippen molar-refractivity contribution >= 4 is 15.9 Å². The molecule has 2 aromatic rings. The average molecular weight is 391 g/mol. The van der Waals surface area contributed by atoms with Crippen molar-refractivity contribution in [1.29, 1.82) is 0 Å². The van der Waals surface area contributed by atoms with Crippen LogP contribution in [0.2, 0.25) is 0 Å². The molecule has 1 aliphatic rings. The molecular weight excluding hydrogens is 364 g/mol. The molecule has 0 saturated carbocycles. The molecule has 8 heteroatoms. The first-order chi connectivity index (χ1) is 12.8. The zero-order valence-corrected chi connectivity index (χ0v) is 16.6. The maximum atomic E-state index is 12.3. The van der Waals surface area contributed by atoms with Crippen LogP contribution in [0.3, 0.4) is 0 Å². The van der Waals surface area contributed by atoms with E-state index in [0.717, 1.165) is 49.0 Å². The molecule has 0 radical (unpaired) electrons. The fourth-order valence-corrected chi connectivity index (χ4v) is 3.96. The van der Waals surface area contributed by atoms with Crippen LogP contribution in [0.1, 0.15) is 35.5 Å². The number of hydrogen-bond donors (Lipinski definition) is 1. The number of rotatable bonds is 7. The first-order valence-corrected chi connectivity index (χ1v) is 11.0. The van der Waals surface area contributed by atoms with E-state index in [4.69, 9.17) is 0 Å². The molecule has 0 saturated heterocycles. The van der Waals surface area contributed by atoms with Gasteiger partial charge in [0.25, 0.3) is 0 Å². The van der Waals surface area contributed by atoms with Crippen molar-refractivity contribution in [3.63, 3.8) is 0 Å². The van der Waals surface area contributed by atoms with Crippen LogP contribution in [0, 0.1) is 6.92 Å². The van der Waals surface area contributed by atoms with E-state index in [1.165, 1.54) is 4.31 Å². The molecule has 1 aromatic carbocycles. The monoisotopic (exact) mass is 390 g/mol. The van der Waals surface area contributed by atoms with E-state index in [9.17, 15) is 13.2 Å². The lowest BCUT2D eigenvalue weighted by molar-refractivity contribution is -0.121. The maximum absolute atomic E-state index is 12.3. The third kappa shape index (κ3) is 5.17. The molecule has 1 amide bonds. The highest BCUT2D eigenvalue weighted by Crippen LogP contribution is 2.16. The second-order valence-electron chi connectivity index (χ2n) is 7.03. The predicted molar refractivity (Wildman–Crippen MR) is 103 cm³/mol. The van der Waals surface area contributed by atoms with Crippen molar-refractivity contribution in [3.05, 3.63) is 53.1 Å². The number of sulfonamides is 1. The van der Waals surface area contributed by atoms with Crippen LogP contribution in [0.4, 0.5) is 0 Å². The Kier molecular flexibility index (Phi) is 5.96. The van der Waals surface area contributed by atoms with E-state index in [1.54, 1.807) is 0 Å². The first kappa shape index (κ1) is 19.6. The molecule has 0 spiro atoms. The number of fused-ring (bicyclic) bond motifs is 1. The quantitative estimate of drug-likeness (QED) is 0.778. The highest BCUT2D eigenvalue weighted by Gasteiger charge is 2.23. The molecule has 1 aliphatic heterocycles. The van der Waals surface area contributed by atoms with Crippen molar-refractivity contribution in [2.75, 3.05) is 12.8 Å². The molecule has 146 valence electrons. The zero-order valence-electron chi connectivity index (χ0n) is 15.8. The van der Waals surface area contributed by atoms with Crippen molar-refractivity contribution in [3.8, 4) is 0 Å². The molecular formula is C19H26N4O3S. The Bertz CT molecular complexity index is 897. The summed E-state index contributed by atoms with van der Waals surface area (Å²) < 4.78 is 27.6. The van der Waals surface area contributed by atoms with Gasteiger partial charge in [-0.2, -0.15) is 4.31 Å². The fraction of sp³-hybridized carbons (Fsp3) is 0.474. The summed E-state index contributed by atoms with van der Waals surface area (Å²) in [5, 5.41) is 2.81. The van der Waals surface area contributed by atoms with Crippen LogP contribution in [0.5, 0.6) is 0 Å². The van der Waals surface area contributed by atoms with Gasteiger partial charge < -0.3 is 9.88 Å². The number of nitrogens with one attached hydrogen (secondary N) is 1. The lowest BCUT2D eigenvalue weighted by atomic mass is 10.1. The van der Waals surface area contributed by atoms with Crippen LogP contribution >= 0.6 is 0 Å². The molecule has 0 fully saturated rings. The van der Waals surface area contributed by atoms with Crippen molar-refractivity contribution < 1.29 is 13.2 Å². The zero-order chi connectivity index (χ0) is 19.4. The maximum Gasteiger partial charge on any atom is 0.235 e. The Morgan fingerprint density at radius 2 is 2.07 bits per heavy atom. The number of carbonyl (C=O) groups is 1. The number of imidazole rings is 1. The van der Waals surface area contributed by atoms with E-state index in [0.29, 0.717) is 12.2 Å². The second-order valence-corrected chi connectivity index (χ2v) is 9.02. The molecule has 0 bridgehead atoms. The molecule has 27 heavy (non-hydrogen) atoms. The summed E-state index contributed by atoms with van der Waals surface area (Å²) in [7, 11) is -3.53. The standard InChI is InChI=1S/C19H26N4O3S/c1-15-7-3-4-8-16(15)11-20-19(24)14-23(27(2,25)26)13-17-12-22-10-6-5-9-18(22)21-17/h3-4,7-8,12H,5-6,9-11,13-14H2,1-2H3,(H,20,24). The summed E-state index contributed by atoms with van der Waals surface area (Å²) in [6.45, 7) is 3.16. The van der Waals surface area contributed by atoms with E-state index in [1.807, 2.05) is 37.4 Å². The van der Waals surface area contributed by atoms with Crippen LogP contribution in [0.25, 0.3) is 0 Å². The highest BCUT2D eigenvalue weighted by molar-refractivity contribution is 7.88. The SMILES string of the molecule is Cc1ccccc1CNC(=O)CN(Cc1cn2c(n1)CCCC2)S(C)(=O)=O. The number of amides is 1. The van der Waals surface area contributed by atoms with Crippen LogP contribution in [-0.4, -0.2) is 41.0 Å². The Balaban J connectivity index is 1.64. The summed E-state index contributed by atoms with van der Waals surface area (Å²) in [6.07, 6.45) is 6.15. The summed E-state index contributed by atoms with van der Waals surface area (Å²) >= 11 is 0. The van der Waals surface area contributed by atoms with E-state index in [-0.39, 0.29) is 19.0 Å². The highest BCUT2D eigenvalue weighted by atomic mass is 32.2. The summed E-state index contributed by atoms with van der Waals surface area (Å²) in [5.74, 6) is 0.668. The number of nitrogens with zero attached hydrogens (tertiary/aromatic N) is 3. The van der Waals surface area contributed by atoms with Crippen molar-refractivity contribution in [2.45, 2.75) is 45.8 Å². The Labute approximate surface area is 160 Å². The Hall–Kier alpha value is -2.19. The van der Waals surface area contributed by atoms with E-state index in [2.05, 4.69) is 14.9 Å². The van der Waals surface area contributed by atoms with Crippen molar-refractivity contribution in [2.24, 2.45) is 0 Å².